The van der Waals surface area contributed by atoms with Gasteiger partial charge in [0.15, 0.2) is 5.84 Å². The van der Waals surface area contributed by atoms with Crippen molar-refractivity contribution in [2.24, 2.45) is 10.9 Å². The number of oxime groups is 1. The van der Waals surface area contributed by atoms with E-state index in [0.717, 1.165) is 37.7 Å². The van der Waals surface area contributed by atoms with Gasteiger partial charge in [-0.1, -0.05) is 5.16 Å². The number of nitrogens with two attached hydrogens (primary N) is 1. The second-order valence-corrected chi connectivity index (χ2v) is 5.57. The third-order valence-corrected chi connectivity index (χ3v) is 4.09. The van der Waals surface area contributed by atoms with Crippen LogP contribution in [0.5, 0.6) is 5.75 Å². The minimum Gasteiger partial charge on any atom is -0.495 e. The quantitative estimate of drug-likeness (QED) is 0.368. The van der Waals surface area contributed by atoms with Gasteiger partial charge >= 0.3 is 0 Å². The molecule has 0 amide bonds. The van der Waals surface area contributed by atoms with Gasteiger partial charge < -0.3 is 20.6 Å². The summed E-state index contributed by atoms with van der Waals surface area (Å²) in [4.78, 5) is 8.84. The highest BCUT2D eigenvalue weighted by molar-refractivity contribution is 5.88. The van der Waals surface area contributed by atoms with Crippen molar-refractivity contribution in [2.45, 2.75) is 19.4 Å². The molecule has 1 aromatic rings. The number of ether oxygens (including phenoxy) is 1. The molecule has 0 atom stereocenters. The highest BCUT2D eigenvalue weighted by Crippen LogP contribution is 2.21. The summed E-state index contributed by atoms with van der Waals surface area (Å²) in [6, 6.07) is 3.87. The van der Waals surface area contributed by atoms with Crippen molar-refractivity contribution in [3.05, 3.63) is 18.3 Å². The number of piperazine rings is 1. The summed E-state index contributed by atoms with van der Waals surface area (Å²) in [6.45, 7) is 7.28. The van der Waals surface area contributed by atoms with Gasteiger partial charge in [-0.15, -0.1) is 0 Å². The molecule has 0 unspecified atom stereocenters. The number of methoxy groups -OCH3 is 1. The molecule has 0 aliphatic carbocycles. The first kappa shape index (κ1) is 15.4. The lowest BCUT2D eigenvalue weighted by molar-refractivity contribution is 0.161. The van der Waals surface area contributed by atoms with E-state index < -0.39 is 5.54 Å². The summed E-state index contributed by atoms with van der Waals surface area (Å²) >= 11 is 0. The number of anilines is 1. The third kappa shape index (κ3) is 3.18. The molecule has 0 aromatic carbocycles. The van der Waals surface area contributed by atoms with E-state index in [1.165, 1.54) is 0 Å². The maximum atomic E-state index is 8.88. The molecule has 0 radical (unpaired) electrons. The van der Waals surface area contributed by atoms with E-state index in [2.05, 4.69) is 19.9 Å². The molecule has 0 spiro atoms. The van der Waals surface area contributed by atoms with Gasteiger partial charge in [-0.2, -0.15) is 0 Å². The third-order valence-electron chi connectivity index (χ3n) is 4.09. The van der Waals surface area contributed by atoms with Gasteiger partial charge in [-0.25, -0.2) is 4.98 Å². The smallest absolute Gasteiger partial charge is 0.159 e. The average Bonchev–Trinajstić information content (AvgIpc) is 2.54. The van der Waals surface area contributed by atoms with Crippen LogP contribution in [-0.2, 0) is 0 Å². The summed E-state index contributed by atoms with van der Waals surface area (Å²) in [5.41, 5.74) is 5.33. The Morgan fingerprint density at radius 2 is 2.00 bits per heavy atom. The Kier molecular flexibility index (Phi) is 4.52. The summed E-state index contributed by atoms with van der Waals surface area (Å²) in [6.07, 6.45) is 1.72. The number of aromatic nitrogens is 1. The molecule has 7 nitrogen and oxygen atoms in total. The van der Waals surface area contributed by atoms with Crippen molar-refractivity contribution < 1.29 is 9.94 Å². The molecule has 1 fully saturated rings. The largest absolute Gasteiger partial charge is 0.495 e. The normalized spacial score (nSPS) is 17.9. The maximum Gasteiger partial charge on any atom is 0.159 e. The fraction of sp³-hybridized carbons (Fsp3) is 0.571. The van der Waals surface area contributed by atoms with Crippen LogP contribution in [0.15, 0.2) is 23.5 Å². The molecule has 0 saturated carbocycles. The molecule has 116 valence electrons. The van der Waals surface area contributed by atoms with E-state index in [-0.39, 0.29) is 5.84 Å². The predicted molar refractivity (Wildman–Crippen MR) is 82.1 cm³/mol. The summed E-state index contributed by atoms with van der Waals surface area (Å²) in [7, 11) is 1.63. The molecule has 7 heteroatoms. The first-order valence-corrected chi connectivity index (χ1v) is 6.97. The Morgan fingerprint density at radius 1 is 1.33 bits per heavy atom. The Bertz CT molecular complexity index is 493. The topological polar surface area (TPSA) is 87.2 Å². The summed E-state index contributed by atoms with van der Waals surface area (Å²) in [5, 5.41) is 12.0. The zero-order chi connectivity index (χ0) is 15.5. The molecule has 2 rings (SSSR count). The second-order valence-electron chi connectivity index (χ2n) is 5.57. The van der Waals surface area contributed by atoms with Gasteiger partial charge in [-0.3, -0.25) is 4.90 Å². The first-order valence-electron chi connectivity index (χ1n) is 6.97. The zero-order valence-electron chi connectivity index (χ0n) is 12.8. The highest BCUT2D eigenvalue weighted by atomic mass is 16.5. The van der Waals surface area contributed by atoms with Crippen LogP contribution in [0.25, 0.3) is 0 Å². The van der Waals surface area contributed by atoms with Gasteiger partial charge in [-0.05, 0) is 26.0 Å². The van der Waals surface area contributed by atoms with Crippen molar-refractivity contribution in [1.82, 2.24) is 9.88 Å². The van der Waals surface area contributed by atoms with Crippen LogP contribution in [0.1, 0.15) is 13.8 Å². The van der Waals surface area contributed by atoms with Crippen LogP contribution < -0.4 is 15.4 Å². The van der Waals surface area contributed by atoms with E-state index in [1.807, 2.05) is 26.0 Å². The zero-order valence-corrected chi connectivity index (χ0v) is 12.8. The molecule has 1 aliphatic rings. The fourth-order valence-corrected chi connectivity index (χ4v) is 2.46. The number of pyridine rings is 1. The van der Waals surface area contributed by atoms with Crippen LogP contribution in [0.2, 0.25) is 0 Å². The Labute approximate surface area is 125 Å². The van der Waals surface area contributed by atoms with Crippen LogP contribution in [-0.4, -0.2) is 59.8 Å². The van der Waals surface area contributed by atoms with Crippen molar-refractivity contribution in [3.63, 3.8) is 0 Å². The van der Waals surface area contributed by atoms with Crippen molar-refractivity contribution in [3.8, 4) is 5.75 Å². The van der Waals surface area contributed by atoms with Gasteiger partial charge in [0.05, 0.1) is 18.8 Å². The minimum absolute atomic E-state index is 0.235. The standard InChI is InChI=1S/C14H23N5O2/c1-14(2,13(15)17-20)19-8-6-18(7-9-19)12-5-4-11(21-3)10-16-12/h4-5,10,20H,6-9H2,1-3H3,(H2,15,17). The molecule has 1 aromatic heterocycles. The number of hydrogen-bond donors (Lipinski definition) is 2. The van der Waals surface area contributed by atoms with E-state index in [4.69, 9.17) is 15.7 Å². The van der Waals surface area contributed by atoms with E-state index in [9.17, 15) is 0 Å². The summed E-state index contributed by atoms with van der Waals surface area (Å²) in [5.74, 6) is 1.93. The number of hydrogen-bond acceptors (Lipinski definition) is 6. The van der Waals surface area contributed by atoms with Crippen molar-refractivity contribution >= 4 is 11.7 Å². The summed E-state index contributed by atoms with van der Waals surface area (Å²) < 4.78 is 5.12. The maximum absolute atomic E-state index is 8.88. The minimum atomic E-state index is -0.450. The van der Waals surface area contributed by atoms with E-state index in [0.29, 0.717) is 0 Å². The van der Waals surface area contributed by atoms with Gasteiger partial charge in [0.1, 0.15) is 11.6 Å². The van der Waals surface area contributed by atoms with Gasteiger partial charge in [0.25, 0.3) is 0 Å². The molecule has 1 aliphatic heterocycles. The van der Waals surface area contributed by atoms with E-state index >= 15 is 0 Å². The molecule has 3 N–H and O–H groups in total. The van der Waals surface area contributed by atoms with Gasteiger partial charge in [0, 0.05) is 26.2 Å². The predicted octanol–water partition coefficient (Wildman–Crippen LogP) is 0.737. The Morgan fingerprint density at radius 3 is 2.48 bits per heavy atom. The molecule has 1 saturated heterocycles. The Balaban J connectivity index is 1.99. The van der Waals surface area contributed by atoms with Crippen molar-refractivity contribution in [2.75, 3.05) is 38.2 Å². The van der Waals surface area contributed by atoms with Crippen LogP contribution in [0, 0.1) is 0 Å². The molecule has 2 heterocycles. The first-order chi connectivity index (χ1) is 9.98. The fourth-order valence-electron chi connectivity index (χ4n) is 2.46. The highest BCUT2D eigenvalue weighted by Gasteiger charge is 2.33. The van der Waals surface area contributed by atoms with Crippen molar-refractivity contribution in [1.29, 1.82) is 0 Å². The monoisotopic (exact) mass is 293 g/mol. The molecular formula is C14H23N5O2. The van der Waals surface area contributed by atoms with Crippen LogP contribution in [0.3, 0.4) is 0 Å². The van der Waals surface area contributed by atoms with Crippen LogP contribution in [0.4, 0.5) is 5.82 Å². The number of nitrogens with zero attached hydrogens (tertiary/aromatic N) is 4. The van der Waals surface area contributed by atoms with Crippen LogP contribution >= 0.6 is 0 Å². The average molecular weight is 293 g/mol. The Hall–Kier alpha value is -2.02. The lowest BCUT2D eigenvalue weighted by Gasteiger charge is -2.43. The lowest BCUT2D eigenvalue weighted by Crippen LogP contribution is -2.59. The molecular weight excluding hydrogens is 270 g/mol. The van der Waals surface area contributed by atoms with E-state index in [1.54, 1.807) is 13.3 Å². The molecule has 21 heavy (non-hydrogen) atoms. The SMILES string of the molecule is COc1ccc(N2CCN(C(C)(C)/C(N)=N/O)CC2)nc1. The second kappa shape index (κ2) is 6.17. The number of amidine groups is 1. The lowest BCUT2D eigenvalue weighted by atomic mass is 10.0. The van der Waals surface area contributed by atoms with Gasteiger partial charge in [0.2, 0.25) is 0 Å². The number of rotatable bonds is 4. The molecule has 0 bridgehead atoms.